The average Bonchev–Trinajstić information content (AvgIpc) is 3.64. The van der Waals surface area contributed by atoms with Gasteiger partial charge in [0.2, 0.25) is 5.95 Å². The van der Waals surface area contributed by atoms with Crippen LogP contribution >= 0.6 is 0 Å². The molecule has 2 aliphatic rings. The third-order valence-corrected chi connectivity index (χ3v) is 12.0. The maximum Gasteiger partial charge on any atom is 0.235 e. The Morgan fingerprint density at radius 2 is 1.29 bits per heavy atom. The molecule has 0 unspecified atom stereocenters. The molecule has 1 aliphatic carbocycles. The molecule has 0 atom stereocenters. The number of benzene rings is 7. The lowest BCUT2D eigenvalue weighted by Gasteiger charge is -2.17. The van der Waals surface area contributed by atoms with Gasteiger partial charge in [-0.2, -0.15) is 0 Å². The number of allylic oxidation sites excluding steroid dienone is 3. The molecule has 300 valence electrons. The van der Waals surface area contributed by atoms with E-state index in [0.717, 1.165) is 90.2 Å². The van der Waals surface area contributed by atoms with Crippen molar-refractivity contribution in [3.8, 4) is 51.0 Å². The van der Waals surface area contributed by atoms with Crippen LogP contribution in [0, 0.1) is 20.8 Å². The molecule has 0 amide bonds. The van der Waals surface area contributed by atoms with Crippen LogP contribution < -0.4 is 15.3 Å². The number of hydrogen-bond donors (Lipinski definition) is 0. The second-order valence-corrected chi connectivity index (χ2v) is 16.3. The summed E-state index contributed by atoms with van der Waals surface area (Å²) in [5.41, 5.74) is 15.9. The highest BCUT2D eigenvalue weighted by Crippen LogP contribution is 2.44. The number of aromatic nitrogens is 3. The van der Waals surface area contributed by atoms with Gasteiger partial charge in [-0.25, -0.2) is 9.97 Å². The Labute approximate surface area is 363 Å². The van der Waals surface area contributed by atoms with Gasteiger partial charge in [0, 0.05) is 27.1 Å². The SMILES string of the molecule is C/C1=C\C=C/c2cccc(c2)Oc2c1ccc1c3cc(-c4ccc(C)c(-c5ccccc5C)c4)ccc3n(-c3nc(-c4ccccc4)c4c(n3)=CCCC=4)c21.Cc1ccccc1. The monoisotopic (exact) mass is 801 g/mol. The summed E-state index contributed by atoms with van der Waals surface area (Å²) in [7, 11) is 0. The fourth-order valence-electron chi connectivity index (χ4n) is 8.77. The first-order chi connectivity index (χ1) is 30.4. The van der Waals surface area contributed by atoms with Gasteiger partial charge in [0.05, 0.1) is 16.6 Å². The van der Waals surface area contributed by atoms with Crippen LogP contribution in [0.15, 0.2) is 170 Å². The molecule has 2 aromatic heterocycles. The minimum absolute atomic E-state index is 0.624. The minimum atomic E-state index is 0.624. The third-order valence-electron chi connectivity index (χ3n) is 12.0. The maximum atomic E-state index is 7.02. The van der Waals surface area contributed by atoms with E-state index in [0.29, 0.717) is 5.95 Å². The van der Waals surface area contributed by atoms with Crippen LogP contribution in [0.5, 0.6) is 11.5 Å². The first-order valence-corrected chi connectivity index (χ1v) is 21.5. The lowest BCUT2D eigenvalue weighted by molar-refractivity contribution is 0.485. The predicted molar refractivity (Wildman–Crippen MR) is 260 cm³/mol. The average molecular weight is 802 g/mol. The maximum absolute atomic E-state index is 7.02. The lowest BCUT2D eigenvalue weighted by atomic mass is 9.92. The Morgan fingerprint density at radius 3 is 2.10 bits per heavy atom. The number of nitrogens with zero attached hydrogens (tertiary/aromatic N) is 3. The molecule has 9 aromatic rings. The van der Waals surface area contributed by atoms with Crippen LogP contribution in [0.25, 0.3) is 85.1 Å². The second-order valence-electron chi connectivity index (χ2n) is 16.3. The summed E-state index contributed by atoms with van der Waals surface area (Å²) in [5, 5.41) is 4.25. The van der Waals surface area contributed by atoms with E-state index in [1.807, 2.05) is 30.3 Å². The summed E-state index contributed by atoms with van der Waals surface area (Å²) in [6, 6.07) is 55.7. The summed E-state index contributed by atoms with van der Waals surface area (Å²) in [5.74, 6) is 2.19. The van der Waals surface area contributed by atoms with Crippen LogP contribution in [0.1, 0.15) is 47.6 Å². The van der Waals surface area contributed by atoms with Crippen LogP contribution in [0.4, 0.5) is 0 Å². The molecule has 3 heterocycles. The molecule has 4 nitrogen and oxygen atoms in total. The van der Waals surface area contributed by atoms with E-state index in [4.69, 9.17) is 14.7 Å². The van der Waals surface area contributed by atoms with E-state index >= 15 is 0 Å². The predicted octanol–water partition coefficient (Wildman–Crippen LogP) is 13.8. The largest absolute Gasteiger partial charge is 0.454 e. The van der Waals surface area contributed by atoms with E-state index in [1.54, 1.807) is 0 Å². The summed E-state index contributed by atoms with van der Waals surface area (Å²) >= 11 is 0. The summed E-state index contributed by atoms with van der Waals surface area (Å²) < 4.78 is 9.25. The van der Waals surface area contributed by atoms with Gasteiger partial charge in [0.1, 0.15) is 11.3 Å². The minimum Gasteiger partial charge on any atom is -0.454 e. The van der Waals surface area contributed by atoms with Crippen molar-refractivity contribution in [1.29, 1.82) is 0 Å². The van der Waals surface area contributed by atoms with Gasteiger partial charge in [-0.05, 0) is 115 Å². The van der Waals surface area contributed by atoms with E-state index in [2.05, 4.69) is 190 Å². The number of hydrogen-bond acceptors (Lipinski definition) is 3. The molecule has 1 aliphatic heterocycles. The molecule has 0 N–H and O–H groups in total. The smallest absolute Gasteiger partial charge is 0.235 e. The van der Waals surface area contributed by atoms with Gasteiger partial charge in [-0.3, -0.25) is 4.57 Å². The summed E-state index contributed by atoms with van der Waals surface area (Å²) in [6.07, 6.45) is 12.9. The van der Waals surface area contributed by atoms with Gasteiger partial charge in [-0.15, -0.1) is 0 Å². The van der Waals surface area contributed by atoms with Gasteiger partial charge < -0.3 is 4.74 Å². The molecule has 4 heteroatoms. The molecule has 62 heavy (non-hydrogen) atoms. The topological polar surface area (TPSA) is 39.9 Å². The lowest BCUT2D eigenvalue weighted by Crippen LogP contribution is -2.34. The molecule has 0 fully saturated rings. The fourth-order valence-corrected chi connectivity index (χ4v) is 8.77. The van der Waals surface area contributed by atoms with E-state index < -0.39 is 0 Å². The third kappa shape index (κ3) is 7.35. The van der Waals surface area contributed by atoms with E-state index in [9.17, 15) is 0 Å². The van der Waals surface area contributed by atoms with Crippen molar-refractivity contribution in [3.05, 3.63) is 208 Å². The summed E-state index contributed by atoms with van der Waals surface area (Å²) in [4.78, 5) is 10.8. The highest BCUT2D eigenvalue weighted by atomic mass is 16.5. The second kappa shape index (κ2) is 16.5. The first kappa shape index (κ1) is 38.6. The van der Waals surface area contributed by atoms with Gasteiger partial charge in [0.15, 0.2) is 5.75 Å². The molecule has 11 rings (SSSR count). The van der Waals surface area contributed by atoms with Crippen molar-refractivity contribution in [2.45, 2.75) is 40.5 Å². The number of rotatable bonds is 4. The standard InChI is InChI=1S/C51H39N3O.C7H8/c1-32-13-7-8-20-40(32)44-30-37(24-23-34(44)3)38-25-28-47-45(31-38)42-27-26-41-33(2)14-11-15-35-16-12-19-39(29-35)55-50(41)49(42)54(47)51-52-46-22-10-9-21-43(46)48(53-51)36-17-5-4-6-18-36;1-7-5-3-2-4-6-7/h4-8,11-31H,9-10H2,1-3H3;2-6H,1H3/b15-11-,33-14+;. The van der Waals surface area contributed by atoms with Crippen molar-refractivity contribution in [1.82, 2.24) is 14.5 Å². The number of aryl methyl sites for hydroxylation is 3. The van der Waals surface area contributed by atoms with Crippen molar-refractivity contribution in [3.63, 3.8) is 0 Å². The molecule has 2 bridgehead atoms. The molecular formula is C58H47N3O. The van der Waals surface area contributed by atoms with Crippen LogP contribution in [-0.4, -0.2) is 14.5 Å². The zero-order valence-corrected chi connectivity index (χ0v) is 35.6. The highest BCUT2D eigenvalue weighted by Gasteiger charge is 2.24. The number of ether oxygens (including phenoxy) is 1. The normalized spacial score (nSPS) is 14.2. The Kier molecular flexibility index (Phi) is 10.3. The first-order valence-electron chi connectivity index (χ1n) is 21.5. The van der Waals surface area contributed by atoms with Crippen molar-refractivity contribution < 1.29 is 4.74 Å². The van der Waals surface area contributed by atoms with E-state index in [1.165, 1.54) is 33.4 Å². The summed E-state index contributed by atoms with van der Waals surface area (Å²) in [6.45, 7) is 8.61. The van der Waals surface area contributed by atoms with Crippen LogP contribution in [-0.2, 0) is 0 Å². The van der Waals surface area contributed by atoms with Gasteiger partial charge >= 0.3 is 0 Å². The van der Waals surface area contributed by atoms with Crippen molar-refractivity contribution in [2.75, 3.05) is 0 Å². The Balaban J connectivity index is 0.000000598. The zero-order valence-electron chi connectivity index (χ0n) is 35.6. The van der Waals surface area contributed by atoms with E-state index in [-0.39, 0.29) is 0 Å². The van der Waals surface area contributed by atoms with Crippen molar-refractivity contribution >= 4 is 45.6 Å². The highest BCUT2D eigenvalue weighted by molar-refractivity contribution is 6.13. The molecule has 7 aromatic carbocycles. The molecule has 0 radical (unpaired) electrons. The van der Waals surface area contributed by atoms with Crippen LogP contribution in [0.3, 0.4) is 0 Å². The Morgan fingerprint density at radius 1 is 0.548 bits per heavy atom. The quantitative estimate of drug-likeness (QED) is 0.178. The Bertz CT molecular complexity index is 3360. The number of fused-ring (bicyclic) bond motifs is 8. The van der Waals surface area contributed by atoms with Crippen molar-refractivity contribution in [2.24, 2.45) is 0 Å². The van der Waals surface area contributed by atoms with Gasteiger partial charge in [-0.1, -0.05) is 163 Å². The Hall–Kier alpha value is -7.56. The zero-order chi connectivity index (χ0) is 42.2. The molecule has 0 saturated carbocycles. The molecule has 0 saturated heterocycles. The fraction of sp³-hybridized carbons (Fsp3) is 0.103. The van der Waals surface area contributed by atoms with Gasteiger partial charge in [0.25, 0.3) is 0 Å². The molecule has 0 spiro atoms. The molecular weight excluding hydrogens is 755 g/mol. The van der Waals surface area contributed by atoms with Crippen LogP contribution in [0.2, 0.25) is 0 Å².